The van der Waals surface area contributed by atoms with Crippen LogP contribution in [0.1, 0.15) is 23.2 Å². The minimum absolute atomic E-state index is 0.259. The number of nitrogens with zero attached hydrogens (tertiary/aromatic N) is 3. The Labute approximate surface area is 146 Å². The average molecular weight is 349 g/mol. The number of amides is 1. The molecule has 24 heavy (non-hydrogen) atoms. The van der Waals surface area contributed by atoms with Crippen molar-refractivity contribution in [2.24, 2.45) is 0 Å². The van der Waals surface area contributed by atoms with Crippen LogP contribution in [0.4, 0.5) is 11.4 Å². The van der Waals surface area contributed by atoms with Crippen LogP contribution in [0.5, 0.6) is 0 Å². The van der Waals surface area contributed by atoms with Crippen LogP contribution in [0.15, 0.2) is 28.8 Å². The smallest absolute Gasteiger partial charge is 0.277 e. The summed E-state index contributed by atoms with van der Waals surface area (Å²) < 4.78 is 4.96. The van der Waals surface area contributed by atoms with Gasteiger partial charge in [0.25, 0.3) is 5.91 Å². The first-order valence-corrected chi connectivity index (χ1v) is 8.46. The maximum atomic E-state index is 12.4. The lowest BCUT2D eigenvalue weighted by molar-refractivity contribution is 0.101. The van der Waals surface area contributed by atoms with Crippen LogP contribution in [0.25, 0.3) is 0 Å². The molecule has 0 radical (unpaired) electrons. The van der Waals surface area contributed by atoms with Crippen LogP contribution in [-0.2, 0) is 0 Å². The molecular weight excluding hydrogens is 328 g/mol. The van der Waals surface area contributed by atoms with E-state index in [9.17, 15) is 4.79 Å². The monoisotopic (exact) mass is 348 g/mol. The molecule has 1 aliphatic rings. The topological polar surface area (TPSA) is 61.6 Å². The third kappa shape index (κ3) is 3.71. The fourth-order valence-corrected chi connectivity index (χ4v) is 3.02. The molecule has 0 atom stereocenters. The summed E-state index contributed by atoms with van der Waals surface area (Å²) in [5, 5.41) is 7.24. The molecule has 1 saturated heterocycles. The SMILES string of the molecule is CCN1CCN(c2ccc(Cl)cc2NC(=O)c2cc(C)on2)CC1. The summed E-state index contributed by atoms with van der Waals surface area (Å²) in [6.07, 6.45) is 0. The van der Waals surface area contributed by atoms with E-state index in [0.717, 1.165) is 38.4 Å². The predicted molar refractivity (Wildman–Crippen MR) is 95.0 cm³/mol. The highest BCUT2D eigenvalue weighted by Gasteiger charge is 2.20. The zero-order chi connectivity index (χ0) is 17.1. The summed E-state index contributed by atoms with van der Waals surface area (Å²) >= 11 is 6.12. The molecule has 0 unspecified atom stereocenters. The lowest BCUT2D eigenvalue weighted by Crippen LogP contribution is -2.46. The van der Waals surface area contributed by atoms with Crippen molar-refractivity contribution >= 4 is 28.9 Å². The zero-order valence-electron chi connectivity index (χ0n) is 13.9. The van der Waals surface area contributed by atoms with Gasteiger partial charge in [0.15, 0.2) is 5.69 Å². The Kier molecular flexibility index (Phi) is 5.06. The van der Waals surface area contributed by atoms with Crippen molar-refractivity contribution in [1.82, 2.24) is 10.1 Å². The van der Waals surface area contributed by atoms with Gasteiger partial charge in [-0.3, -0.25) is 4.79 Å². The van der Waals surface area contributed by atoms with E-state index in [0.29, 0.717) is 16.5 Å². The fraction of sp³-hybridized carbons (Fsp3) is 0.412. The summed E-state index contributed by atoms with van der Waals surface area (Å²) in [4.78, 5) is 17.0. The number of aromatic nitrogens is 1. The van der Waals surface area contributed by atoms with Crippen LogP contribution in [-0.4, -0.2) is 48.7 Å². The molecule has 1 amide bonds. The Balaban J connectivity index is 1.80. The Morgan fingerprint density at radius 3 is 2.67 bits per heavy atom. The number of carbonyl (C=O) groups excluding carboxylic acids is 1. The molecule has 0 bridgehead atoms. The average Bonchev–Trinajstić information content (AvgIpc) is 3.02. The minimum Gasteiger partial charge on any atom is -0.367 e. The molecule has 1 aliphatic heterocycles. The van der Waals surface area contributed by atoms with Gasteiger partial charge in [0.1, 0.15) is 5.76 Å². The Morgan fingerprint density at radius 1 is 1.29 bits per heavy atom. The molecule has 6 nitrogen and oxygen atoms in total. The molecule has 0 spiro atoms. The van der Waals surface area contributed by atoms with Crippen molar-refractivity contribution < 1.29 is 9.32 Å². The van der Waals surface area contributed by atoms with Crippen LogP contribution in [0.2, 0.25) is 5.02 Å². The standard InChI is InChI=1S/C17H21ClN4O2/c1-3-21-6-8-22(9-7-21)16-5-4-13(18)11-14(16)19-17(23)15-10-12(2)24-20-15/h4-5,10-11H,3,6-9H2,1-2H3,(H,19,23). The van der Waals surface area contributed by atoms with Gasteiger partial charge < -0.3 is 19.6 Å². The number of anilines is 2. The van der Waals surface area contributed by atoms with Gasteiger partial charge in [0.2, 0.25) is 0 Å². The Bertz CT molecular complexity index is 723. The fourth-order valence-electron chi connectivity index (χ4n) is 2.85. The summed E-state index contributed by atoms with van der Waals surface area (Å²) in [5.41, 5.74) is 1.93. The lowest BCUT2D eigenvalue weighted by Gasteiger charge is -2.36. The molecule has 1 N–H and O–H groups in total. The highest BCUT2D eigenvalue weighted by molar-refractivity contribution is 6.31. The second kappa shape index (κ2) is 7.23. The van der Waals surface area contributed by atoms with E-state index in [4.69, 9.17) is 16.1 Å². The van der Waals surface area contributed by atoms with Crippen LogP contribution in [0.3, 0.4) is 0 Å². The number of aryl methyl sites for hydroxylation is 1. The van der Waals surface area contributed by atoms with Crippen molar-refractivity contribution in [1.29, 1.82) is 0 Å². The van der Waals surface area contributed by atoms with Gasteiger partial charge in [-0.05, 0) is 31.7 Å². The van der Waals surface area contributed by atoms with Gasteiger partial charge in [-0.15, -0.1) is 0 Å². The maximum absolute atomic E-state index is 12.4. The first-order chi connectivity index (χ1) is 11.6. The number of likely N-dealkylation sites (N-methyl/N-ethyl adjacent to an activating group) is 1. The highest BCUT2D eigenvalue weighted by atomic mass is 35.5. The maximum Gasteiger partial charge on any atom is 0.277 e. The van der Waals surface area contributed by atoms with Crippen LogP contribution in [0, 0.1) is 6.92 Å². The lowest BCUT2D eigenvalue weighted by atomic mass is 10.2. The molecule has 1 aromatic heterocycles. The van der Waals surface area contributed by atoms with Crippen LogP contribution >= 0.6 is 11.6 Å². The van der Waals surface area contributed by atoms with Gasteiger partial charge in [-0.25, -0.2) is 0 Å². The summed E-state index contributed by atoms with van der Waals surface area (Å²) in [6.45, 7) is 8.84. The van der Waals surface area contributed by atoms with Gasteiger partial charge in [-0.2, -0.15) is 0 Å². The number of hydrogen-bond donors (Lipinski definition) is 1. The first kappa shape index (κ1) is 16.8. The first-order valence-electron chi connectivity index (χ1n) is 8.08. The molecule has 7 heteroatoms. The van der Waals surface area contributed by atoms with E-state index in [1.54, 1.807) is 19.1 Å². The van der Waals surface area contributed by atoms with Crippen molar-refractivity contribution in [2.45, 2.75) is 13.8 Å². The van der Waals surface area contributed by atoms with Crippen molar-refractivity contribution in [2.75, 3.05) is 42.9 Å². The second-order valence-corrected chi connectivity index (χ2v) is 6.30. The van der Waals surface area contributed by atoms with E-state index in [1.807, 2.05) is 12.1 Å². The largest absolute Gasteiger partial charge is 0.367 e. The van der Waals surface area contributed by atoms with E-state index in [2.05, 4.69) is 27.2 Å². The van der Waals surface area contributed by atoms with Crippen molar-refractivity contribution in [3.8, 4) is 0 Å². The van der Waals surface area contributed by atoms with E-state index < -0.39 is 0 Å². The number of carbonyl (C=O) groups is 1. The molecule has 0 aliphatic carbocycles. The van der Waals surface area contributed by atoms with E-state index >= 15 is 0 Å². The molecular formula is C17H21ClN4O2. The summed E-state index contributed by atoms with van der Waals surface area (Å²) in [7, 11) is 0. The Hall–Kier alpha value is -2.05. The number of piperazine rings is 1. The number of nitrogens with one attached hydrogen (secondary N) is 1. The molecule has 3 rings (SSSR count). The van der Waals surface area contributed by atoms with Crippen molar-refractivity contribution in [3.63, 3.8) is 0 Å². The van der Waals surface area contributed by atoms with Crippen molar-refractivity contribution in [3.05, 3.63) is 40.7 Å². The van der Waals surface area contributed by atoms with E-state index in [1.165, 1.54) is 0 Å². The van der Waals surface area contributed by atoms with Crippen LogP contribution < -0.4 is 10.2 Å². The molecule has 2 aromatic rings. The Morgan fingerprint density at radius 2 is 2.04 bits per heavy atom. The molecule has 0 saturated carbocycles. The molecule has 128 valence electrons. The number of benzene rings is 1. The van der Waals surface area contributed by atoms with Gasteiger partial charge >= 0.3 is 0 Å². The zero-order valence-corrected chi connectivity index (χ0v) is 14.6. The minimum atomic E-state index is -0.303. The summed E-state index contributed by atoms with van der Waals surface area (Å²) in [6, 6.07) is 7.18. The second-order valence-electron chi connectivity index (χ2n) is 5.86. The molecule has 2 heterocycles. The third-order valence-electron chi connectivity index (χ3n) is 4.23. The number of hydrogen-bond acceptors (Lipinski definition) is 5. The summed E-state index contributed by atoms with van der Waals surface area (Å²) in [5.74, 6) is 0.296. The normalized spacial score (nSPS) is 15.5. The molecule has 1 aromatic carbocycles. The van der Waals surface area contributed by atoms with Gasteiger partial charge in [0, 0.05) is 37.3 Å². The third-order valence-corrected chi connectivity index (χ3v) is 4.46. The van der Waals surface area contributed by atoms with E-state index in [-0.39, 0.29) is 11.6 Å². The molecule has 1 fully saturated rings. The quantitative estimate of drug-likeness (QED) is 0.920. The number of halogens is 1. The predicted octanol–water partition coefficient (Wildman–Crippen LogP) is 3.03. The van der Waals surface area contributed by atoms with Gasteiger partial charge in [0.05, 0.1) is 11.4 Å². The highest BCUT2D eigenvalue weighted by Crippen LogP contribution is 2.30. The van der Waals surface area contributed by atoms with Gasteiger partial charge in [-0.1, -0.05) is 23.7 Å². The number of rotatable bonds is 4.